The summed E-state index contributed by atoms with van der Waals surface area (Å²) in [5.74, 6) is 1.57. The second kappa shape index (κ2) is 1.94. The topological polar surface area (TPSA) is 35.9 Å². The molecule has 0 amide bonds. The standard InChI is InChI=1S/C5H9ClN2/c1-3-2-4(3)5(7)8-6/h3-4H,2H2,1H3,(H2,7,8). The van der Waals surface area contributed by atoms with E-state index in [0.717, 1.165) is 6.42 Å². The molecule has 1 saturated carbocycles. The zero-order chi connectivity index (χ0) is 6.15. The fourth-order valence-electron chi connectivity index (χ4n) is 0.794. The van der Waals surface area contributed by atoms with Crippen LogP contribution in [-0.4, -0.2) is 5.84 Å². The van der Waals surface area contributed by atoms with Crippen molar-refractivity contribution in [2.24, 2.45) is 11.8 Å². The van der Waals surface area contributed by atoms with Crippen molar-refractivity contribution >= 4 is 17.6 Å². The second-order valence-electron chi connectivity index (χ2n) is 2.33. The Balaban J connectivity index is 2.28. The van der Waals surface area contributed by atoms with Crippen LogP contribution in [0.4, 0.5) is 0 Å². The number of halogens is 1. The Morgan fingerprint density at radius 1 is 1.88 bits per heavy atom. The Morgan fingerprint density at radius 2 is 2.38 bits per heavy atom. The molecule has 8 heavy (non-hydrogen) atoms. The second-order valence-corrected chi connectivity index (χ2v) is 2.52. The molecule has 1 fully saturated rings. The normalized spacial score (nSPS) is 34.2. The molecule has 0 aromatic heterocycles. The predicted molar refractivity (Wildman–Crippen MR) is 34.0 cm³/mol. The summed E-state index contributed by atoms with van der Waals surface area (Å²) in [5.41, 5.74) is 0. The van der Waals surface area contributed by atoms with Gasteiger partial charge in [-0.1, -0.05) is 6.92 Å². The summed E-state index contributed by atoms with van der Waals surface area (Å²) in [7, 11) is 0. The van der Waals surface area contributed by atoms with Crippen LogP contribution in [0.2, 0.25) is 0 Å². The fourth-order valence-corrected chi connectivity index (χ4v) is 0.935. The zero-order valence-electron chi connectivity index (χ0n) is 4.74. The van der Waals surface area contributed by atoms with Crippen molar-refractivity contribution in [3.8, 4) is 0 Å². The van der Waals surface area contributed by atoms with Crippen molar-refractivity contribution in [3.05, 3.63) is 0 Å². The zero-order valence-corrected chi connectivity index (χ0v) is 5.50. The number of nitrogens with one attached hydrogen (secondary N) is 2. The van der Waals surface area contributed by atoms with Gasteiger partial charge in [0.05, 0.1) is 0 Å². The average Bonchev–Trinajstić information content (AvgIpc) is 2.45. The number of hydrogen-bond acceptors (Lipinski definition) is 1. The van der Waals surface area contributed by atoms with Crippen molar-refractivity contribution in [2.75, 3.05) is 0 Å². The molecule has 3 heteroatoms. The summed E-state index contributed by atoms with van der Waals surface area (Å²) in [5, 5.41) is 7.14. The van der Waals surface area contributed by atoms with Gasteiger partial charge in [0.15, 0.2) is 0 Å². The van der Waals surface area contributed by atoms with Gasteiger partial charge in [0.2, 0.25) is 0 Å². The summed E-state index contributed by atoms with van der Waals surface area (Å²) < 4.78 is 0. The lowest BCUT2D eigenvalue weighted by molar-refractivity contribution is 0.908. The lowest BCUT2D eigenvalue weighted by Crippen LogP contribution is -2.13. The first-order valence-corrected chi connectivity index (χ1v) is 3.08. The molecule has 1 aliphatic carbocycles. The Morgan fingerprint density at radius 3 is 2.50 bits per heavy atom. The van der Waals surface area contributed by atoms with Gasteiger partial charge in [0, 0.05) is 17.7 Å². The Hall–Kier alpha value is -0.240. The van der Waals surface area contributed by atoms with Crippen LogP contribution in [0.1, 0.15) is 13.3 Å². The van der Waals surface area contributed by atoms with Crippen LogP contribution in [0.3, 0.4) is 0 Å². The Kier molecular flexibility index (Phi) is 1.43. The fraction of sp³-hybridized carbons (Fsp3) is 0.800. The van der Waals surface area contributed by atoms with E-state index in [-0.39, 0.29) is 0 Å². The molecular formula is C5H9ClN2. The third-order valence-electron chi connectivity index (χ3n) is 1.58. The van der Waals surface area contributed by atoms with Crippen LogP contribution < -0.4 is 4.84 Å². The van der Waals surface area contributed by atoms with Crippen LogP contribution >= 0.6 is 11.8 Å². The minimum atomic E-state index is 0.424. The minimum absolute atomic E-state index is 0.424. The molecule has 0 bridgehead atoms. The number of amidine groups is 1. The van der Waals surface area contributed by atoms with Crippen molar-refractivity contribution < 1.29 is 0 Å². The van der Waals surface area contributed by atoms with Crippen molar-refractivity contribution in [1.29, 1.82) is 5.41 Å². The summed E-state index contributed by atoms with van der Waals surface area (Å²) in [6, 6.07) is 0. The van der Waals surface area contributed by atoms with E-state index in [1.165, 1.54) is 0 Å². The van der Waals surface area contributed by atoms with Crippen LogP contribution in [0, 0.1) is 17.2 Å². The molecule has 0 aromatic carbocycles. The third kappa shape index (κ3) is 0.944. The molecule has 46 valence electrons. The van der Waals surface area contributed by atoms with Gasteiger partial charge < -0.3 is 0 Å². The van der Waals surface area contributed by atoms with Gasteiger partial charge in [0.1, 0.15) is 5.84 Å². The lowest BCUT2D eigenvalue weighted by Gasteiger charge is -1.93. The maximum atomic E-state index is 7.14. The predicted octanol–water partition coefficient (Wildman–Crippen LogP) is 1.36. The van der Waals surface area contributed by atoms with E-state index in [0.29, 0.717) is 17.7 Å². The van der Waals surface area contributed by atoms with Gasteiger partial charge in [-0.3, -0.25) is 10.2 Å². The van der Waals surface area contributed by atoms with Gasteiger partial charge in [-0.2, -0.15) is 0 Å². The van der Waals surface area contributed by atoms with Crippen LogP contribution in [-0.2, 0) is 0 Å². The Bertz CT molecular complexity index is 113. The first-order chi connectivity index (χ1) is 3.75. The largest absolute Gasteiger partial charge is 0.287 e. The first-order valence-electron chi connectivity index (χ1n) is 2.70. The highest BCUT2D eigenvalue weighted by Gasteiger charge is 2.36. The molecular weight excluding hydrogens is 124 g/mol. The molecule has 0 saturated heterocycles. The third-order valence-corrected chi connectivity index (χ3v) is 1.79. The molecule has 2 atom stereocenters. The first kappa shape index (κ1) is 5.89. The number of hydrogen-bond donors (Lipinski definition) is 2. The molecule has 1 rings (SSSR count). The molecule has 0 aliphatic heterocycles. The van der Waals surface area contributed by atoms with E-state index < -0.39 is 0 Å². The summed E-state index contributed by atoms with van der Waals surface area (Å²) >= 11 is 5.18. The monoisotopic (exact) mass is 132 g/mol. The molecule has 2 nitrogen and oxygen atoms in total. The van der Waals surface area contributed by atoms with Gasteiger partial charge in [-0.25, -0.2) is 0 Å². The summed E-state index contributed by atoms with van der Waals surface area (Å²) in [6.07, 6.45) is 1.12. The maximum Gasteiger partial charge on any atom is 0.111 e. The molecule has 0 radical (unpaired) electrons. The molecule has 2 unspecified atom stereocenters. The highest BCUT2D eigenvalue weighted by Crippen LogP contribution is 2.37. The molecule has 0 spiro atoms. The smallest absolute Gasteiger partial charge is 0.111 e. The van der Waals surface area contributed by atoms with Gasteiger partial charge in [-0.05, 0) is 12.3 Å². The highest BCUT2D eigenvalue weighted by atomic mass is 35.5. The summed E-state index contributed by atoms with van der Waals surface area (Å²) in [4.78, 5) is 2.31. The molecule has 2 N–H and O–H groups in total. The van der Waals surface area contributed by atoms with Crippen LogP contribution in [0.25, 0.3) is 0 Å². The van der Waals surface area contributed by atoms with Crippen molar-refractivity contribution in [3.63, 3.8) is 0 Å². The molecule has 0 aromatic rings. The lowest BCUT2D eigenvalue weighted by atomic mass is 10.3. The van der Waals surface area contributed by atoms with E-state index >= 15 is 0 Å². The summed E-state index contributed by atoms with van der Waals surface area (Å²) in [6.45, 7) is 2.12. The van der Waals surface area contributed by atoms with Crippen LogP contribution in [0.15, 0.2) is 0 Å². The Labute approximate surface area is 53.8 Å². The SMILES string of the molecule is CC1CC1C(=N)NCl. The van der Waals surface area contributed by atoms with Gasteiger partial charge >= 0.3 is 0 Å². The maximum absolute atomic E-state index is 7.14. The van der Waals surface area contributed by atoms with E-state index in [9.17, 15) is 0 Å². The van der Waals surface area contributed by atoms with E-state index in [1.54, 1.807) is 0 Å². The molecule has 0 heterocycles. The van der Waals surface area contributed by atoms with E-state index in [4.69, 9.17) is 17.2 Å². The number of rotatable bonds is 1. The van der Waals surface area contributed by atoms with Gasteiger partial charge in [0.25, 0.3) is 0 Å². The van der Waals surface area contributed by atoms with Crippen LogP contribution in [0.5, 0.6) is 0 Å². The molecule has 1 aliphatic rings. The minimum Gasteiger partial charge on any atom is -0.287 e. The average molecular weight is 133 g/mol. The van der Waals surface area contributed by atoms with E-state index in [1.807, 2.05) is 0 Å². The van der Waals surface area contributed by atoms with Crippen molar-refractivity contribution in [2.45, 2.75) is 13.3 Å². The quantitative estimate of drug-likeness (QED) is 0.316. The van der Waals surface area contributed by atoms with Gasteiger partial charge in [-0.15, -0.1) is 0 Å². The van der Waals surface area contributed by atoms with Crippen molar-refractivity contribution in [1.82, 2.24) is 4.84 Å². The highest BCUT2D eigenvalue weighted by molar-refractivity contribution is 6.22. The van der Waals surface area contributed by atoms with E-state index in [2.05, 4.69) is 11.8 Å².